The van der Waals surface area contributed by atoms with E-state index in [0.29, 0.717) is 11.3 Å². The van der Waals surface area contributed by atoms with Gasteiger partial charge >= 0.3 is 12.1 Å². The van der Waals surface area contributed by atoms with E-state index in [1.807, 2.05) is 6.92 Å². The Balaban J connectivity index is 2.92. The minimum absolute atomic E-state index is 0.555. The molecule has 5 nitrogen and oxygen atoms in total. The van der Waals surface area contributed by atoms with Gasteiger partial charge < -0.3 is 9.84 Å². The zero-order chi connectivity index (χ0) is 15.5. The highest BCUT2D eigenvalue weighted by molar-refractivity contribution is 5.86. The lowest BCUT2D eigenvalue weighted by Crippen LogP contribution is -2.27. The number of carbonyl (C=O) groups is 2. The van der Waals surface area contributed by atoms with E-state index in [1.165, 1.54) is 0 Å². The maximum absolute atomic E-state index is 11.7. The van der Waals surface area contributed by atoms with Crippen LogP contribution in [0.3, 0.4) is 0 Å². The summed E-state index contributed by atoms with van der Waals surface area (Å²) >= 11 is 0. The van der Waals surface area contributed by atoms with Crippen LogP contribution in [-0.4, -0.2) is 22.8 Å². The average Bonchev–Trinajstić information content (AvgIpc) is 2.28. The van der Waals surface area contributed by atoms with Crippen LogP contribution in [-0.2, 0) is 9.53 Å². The average molecular weight is 279 g/mol. The monoisotopic (exact) mass is 279 g/mol. The number of hydrogen-bond donors (Lipinski definition) is 2. The number of nitrogens with one attached hydrogen (secondary N) is 1. The van der Waals surface area contributed by atoms with E-state index < -0.39 is 23.6 Å². The first kappa shape index (κ1) is 16.0. The minimum Gasteiger partial charge on any atom is -0.481 e. The summed E-state index contributed by atoms with van der Waals surface area (Å²) in [4.78, 5) is 22.7. The van der Waals surface area contributed by atoms with Crippen molar-refractivity contribution in [1.29, 1.82) is 0 Å². The van der Waals surface area contributed by atoms with Crippen molar-refractivity contribution < 1.29 is 19.4 Å². The summed E-state index contributed by atoms with van der Waals surface area (Å²) in [6.45, 7) is 8.78. The molecule has 0 aromatic heterocycles. The Kier molecular flexibility index (Phi) is 4.76. The van der Waals surface area contributed by atoms with Crippen LogP contribution in [0, 0.1) is 6.92 Å². The Morgan fingerprint density at radius 3 is 2.40 bits per heavy atom. The molecule has 1 unspecified atom stereocenters. The molecule has 0 radical (unpaired) electrons. The number of aliphatic carboxylic acids is 1. The van der Waals surface area contributed by atoms with Crippen LogP contribution in [0.25, 0.3) is 0 Å². The molecule has 0 aliphatic heterocycles. The van der Waals surface area contributed by atoms with E-state index >= 15 is 0 Å². The first-order valence-electron chi connectivity index (χ1n) is 6.43. The Labute approximate surface area is 118 Å². The van der Waals surface area contributed by atoms with Crippen molar-refractivity contribution in [2.24, 2.45) is 0 Å². The molecule has 0 bridgehead atoms. The molecule has 1 aromatic carbocycles. The summed E-state index contributed by atoms with van der Waals surface area (Å²) in [7, 11) is 0. The van der Waals surface area contributed by atoms with E-state index in [1.54, 1.807) is 45.9 Å². The number of aryl methyl sites for hydroxylation is 1. The van der Waals surface area contributed by atoms with Gasteiger partial charge in [-0.05, 0) is 51.8 Å². The maximum atomic E-state index is 11.7. The van der Waals surface area contributed by atoms with Crippen LogP contribution in [0.15, 0.2) is 18.2 Å². The van der Waals surface area contributed by atoms with Crippen molar-refractivity contribution in [1.82, 2.24) is 0 Å². The summed E-state index contributed by atoms with van der Waals surface area (Å²) in [6.07, 6.45) is -0.555. The largest absolute Gasteiger partial charge is 0.481 e. The smallest absolute Gasteiger partial charge is 0.412 e. The Morgan fingerprint density at radius 2 is 1.90 bits per heavy atom. The summed E-state index contributed by atoms with van der Waals surface area (Å²) in [5.41, 5.74) is 1.46. The third-order valence-electron chi connectivity index (χ3n) is 2.77. The van der Waals surface area contributed by atoms with Crippen molar-refractivity contribution in [3.05, 3.63) is 29.3 Å². The van der Waals surface area contributed by atoms with Gasteiger partial charge in [0.05, 0.1) is 5.92 Å². The zero-order valence-corrected chi connectivity index (χ0v) is 12.5. The van der Waals surface area contributed by atoms with Gasteiger partial charge in [-0.15, -0.1) is 0 Å². The molecule has 0 saturated carbocycles. The molecule has 110 valence electrons. The fraction of sp³-hybridized carbons (Fsp3) is 0.467. The second-order valence-electron chi connectivity index (χ2n) is 5.76. The van der Waals surface area contributed by atoms with Gasteiger partial charge in [-0.25, -0.2) is 4.79 Å². The molecular formula is C15H21NO4. The molecular weight excluding hydrogens is 258 g/mol. The number of anilines is 1. The van der Waals surface area contributed by atoms with Crippen molar-refractivity contribution in [3.8, 4) is 0 Å². The third-order valence-corrected chi connectivity index (χ3v) is 2.77. The molecule has 0 aliphatic rings. The van der Waals surface area contributed by atoms with Gasteiger partial charge in [0, 0.05) is 5.69 Å². The fourth-order valence-electron chi connectivity index (χ4n) is 1.60. The molecule has 0 fully saturated rings. The lowest BCUT2D eigenvalue weighted by molar-refractivity contribution is -0.138. The van der Waals surface area contributed by atoms with E-state index in [-0.39, 0.29) is 0 Å². The molecule has 0 aliphatic carbocycles. The van der Waals surface area contributed by atoms with Crippen molar-refractivity contribution in [2.75, 3.05) is 5.32 Å². The van der Waals surface area contributed by atoms with Gasteiger partial charge in [0.1, 0.15) is 5.60 Å². The molecule has 0 heterocycles. The summed E-state index contributed by atoms with van der Waals surface area (Å²) in [5, 5.41) is 11.7. The topological polar surface area (TPSA) is 75.6 Å². The molecule has 1 atom stereocenters. The van der Waals surface area contributed by atoms with Gasteiger partial charge in [0.25, 0.3) is 0 Å². The summed E-state index contributed by atoms with van der Waals surface area (Å²) in [6, 6.07) is 5.19. The SMILES string of the molecule is Cc1ccc(C(C)C(=O)O)cc1NC(=O)OC(C)(C)C. The number of hydrogen-bond acceptors (Lipinski definition) is 3. The second kappa shape index (κ2) is 5.94. The highest BCUT2D eigenvalue weighted by Crippen LogP contribution is 2.23. The van der Waals surface area contributed by atoms with Crippen LogP contribution in [0.4, 0.5) is 10.5 Å². The summed E-state index contributed by atoms with van der Waals surface area (Å²) in [5.74, 6) is -1.54. The highest BCUT2D eigenvalue weighted by Gasteiger charge is 2.18. The number of ether oxygens (including phenoxy) is 1. The Morgan fingerprint density at radius 1 is 1.30 bits per heavy atom. The number of carboxylic acids is 1. The predicted molar refractivity (Wildman–Crippen MR) is 77.1 cm³/mol. The van der Waals surface area contributed by atoms with Gasteiger partial charge in [-0.3, -0.25) is 10.1 Å². The fourth-order valence-corrected chi connectivity index (χ4v) is 1.60. The van der Waals surface area contributed by atoms with E-state index in [0.717, 1.165) is 5.56 Å². The zero-order valence-electron chi connectivity index (χ0n) is 12.5. The Hall–Kier alpha value is -2.04. The summed E-state index contributed by atoms with van der Waals surface area (Å²) < 4.78 is 5.18. The first-order chi connectivity index (χ1) is 9.10. The van der Waals surface area contributed by atoms with E-state index in [4.69, 9.17) is 9.84 Å². The van der Waals surface area contributed by atoms with Crippen molar-refractivity contribution in [2.45, 2.75) is 46.1 Å². The molecule has 1 aromatic rings. The predicted octanol–water partition coefficient (Wildman–Crippen LogP) is 3.53. The third kappa shape index (κ3) is 4.57. The number of carbonyl (C=O) groups excluding carboxylic acids is 1. The lowest BCUT2D eigenvalue weighted by atomic mass is 9.99. The van der Waals surface area contributed by atoms with Crippen LogP contribution in [0.2, 0.25) is 0 Å². The molecule has 1 amide bonds. The number of amides is 1. The van der Waals surface area contributed by atoms with Gasteiger partial charge in [-0.1, -0.05) is 12.1 Å². The molecule has 1 rings (SSSR count). The molecule has 0 spiro atoms. The molecule has 5 heteroatoms. The highest BCUT2D eigenvalue weighted by atomic mass is 16.6. The number of rotatable bonds is 3. The lowest BCUT2D eigenvalue weighted by Gasteiger charge is -2.20. The van der Waals surface area contributed by atoms with Crippen molar-refractivity contribution >= 4 is 17.7 Å². The normalized spacial score (nSPS) is 12.7. The quantitative estimate of drug-likeness (QED) is 0.887. The molecule has 2 N–H and O–H groups in total. The van der Waals surface area contributed by atoms with Gasteiger partial charge in [0.2, 0.25) is 0 Å². The second-order valence-corrected chi connectivity index (χ2v) is 5.76. The molecule has 20 heavy (non-hydrogen) atoms. The van der Waals surface area contributed by atoms with Crippen LogP contribution in [0.5, 0.6) is 0 Å². The standard InChI is InChI=1S/C15H21NO4/c1-9-6-7-11(10(2)13(17)18)8-12(9)16-14(19)20-15(3,4)5/h6-8,10H,1-5H3,(H,16,19)(H,17,18). The maximum Gasteiger partial charge on any atom is 0.412 e. The van der Waals surface area contributed by atoms with Gasteiger partial charge in [-0.2, -0.15) is 0 Å². The van der Waals surface area contributed by atoms with Gasteiger partial charge in [0.15, 0.2) is 0 Å². The van der Waals surface area contributed by atoms with E-state index in [2.05, 4.69) is 5.32 Å². The van der Waals surface area contributed by atoms with E-state index in [9.17, 15) is 9.59 Å². The molecule has 0 saturated heterocycles. The van der Waals surface area contributed by atoms with Crippen LogP contribution < -0.4 is 5.32 Å². The first-order valence-corrected chi connectivity index (χ1v) is 6.43. The minimum atomic E-state index is -0.905. The number of benzene rings is 1. The van der Waals surface area contributed by atoms with Crippen molar-refractivity contribution in [3.63, 3.8) is 0 Å². The number of carboxylic acid groups (broad SMARTS) is 1. The van der Waals surface area contributed by atoms with Crippen LogP contribution in [0.1, 0.15) is 44.7 Å². The Bertz CT molecular complexity index is 517. The van der Waals surface area contributed by atoms with Crippen LogP contribution >= 0.6 is 0 Å².